The van der Waals surface area contributed by atoms with E-state index in [9.17, 15) is 26.5 Å². The van der Waals surface area contributed by atoms with Gasteiger partial charge in [0.1, 0.15) is 4.90 Å². The van der Waals surface area contributed by atoms with Gasteiger partial charge in [0.15, 0.2) is 0 Å². The summed E-state index contributed by atoms with van der Waals surface area (Å²) in [6.45, 7) is 1.56. The van der Waals surface area contributed by atoms with E-state index in [1.54, 1.807) is 6.92 Å². The zero-order valence-corrected chi connectivity index (χ0v) is 14.7. The summed E-state index contributed by atoms with van der Waals surface area (Å²) in [6.07, 6.45) is -0.596. The molecule has 1 aromatic carbocycles. The standard InChI is InChI=1S/C11H14N6O7S2/c1-5(12)13-9-15-10(17-11(18)16-9)14-7-4-6(25(19,20)21)2-3-8(7)26(22,23)24/h2-5H,12H2,1H3,(H,19,20,21)(H,22,23,24)(H3,13,14,15,16,17,18). The maximum Gasteiger partial charge on any atom is 0.320 e. The van der Waals surface area contributed by atoms with Crippen LogP contribution in [0.4, 0.5) is 17.6 Å². The molecular weight excluding hydrogens is 392 g/mol. The second-order valence-electron chi connectivity index (χ2n) is 4.95. The van der Waals surface area contributed by atoms with Crippen LogP contribution in [0.25, 0.3) is 0 Å². The molecule has 0 saturated heterocycles. The van der Waals surface area contributed by atoms with E-state index in [1.165, 1.54) is 0 Å². The van der Waals surface area contributed by atoms with Gasteiger partial charge in [0.25, 0.3) is 20.2 Å². The van der Waals surface area contributed by atoms with E-state index in [2.05, 4.69) is 25.6 Å². The van der Waals surface area contributed by atoms with Crippen LogP contribution in [0.3, 0.4) is 0 Å². The van der Waals surface area contributed by atoms with Crippen molar-refractivity contribution < 1.29 is 31.0 Å². The smallest absolute Gasteiger partial charge is 0.320 e. The lowest BCUT2D eigenvalue weighted by atomic mass is 10.3. The molecule has 13 nitrogen and oxygen atoms in total. The highest BCUT2D eigenvalue weighted by Crippen LogP contribution is 2.27. The first-order valence-electron chi connectivity index (χ1n) is 6.69. The number of nitrogens with zero attached hydrogens (tertiary/aromatic N) is 3. The topological polar surface area (TPSA) is 218 Å². The van der Waals surface area contributed by atoms with Gasteiger partial charge in [-0.25, -0.2) is 0 Å². The molecule has 0 spiro atoms. The SMILES string of the molecule is CC(N)Nc1nc(O)nc(Nc2cc(S(=O)(=O)O)ccc2S(=O)(=O)O)n1. The Kier molecular flexibility index (Phi) is 5.28. The number of aromatic hydroxyl groups is 1. The Morgan fingerprint density at radius 3 is 2.19 bits per heavy atom. The van der Waals surface area contributed by atoms with Crippen LogP contribution in [0.2, 0.25) is 0 Å². The fourth-order valence-electron chi connectivity index (χ4n) is 1.80. The van der Waals surface area contributed by atoms with E-state index in [0.29, 0.717) is 0 Å². The van der Waals surface area contributed by atoms with Gasteiger partial charge in [0.2, 0.25) is 11.9 Å². The first-order chi connectivity index (χ1) is 11.9. The monoisotopic (exact) mass is 406 g/mol. The van der Waals surface area contributed by atoms with E-state index in [-0.39, 0.29) is 5.95 Å². The molecule has 0 aliphatic rings. The number of nitrogens with two attached hydrogens (primary N) is 1. The zero-order valence-electron chi connectivity index (χ0n) is 13.0. The zero-order chi connectivity index (χ0) is 19.7. The van der Waals surface area contributed by atoms with Crippen molar-refractivity contribution in [2.45, 2.75) is 22.9 Å². The van der Waals surface area contributed by atoms with Gasteiger partial charge >= 0.3 is 6.01 Å². The molecule has 0 amide bonds. The third kappa shape index (κ3) is 4.96. The number of aromatic nitrogens is 3. The van der Waals surface area contributed by atoms with Gasteiger partial charge in [0.05, 0.1) is 16.7 Å². The second-order valence-corrected chi connectivity index (χ2v) is 7.76. The van der Waals surface area contributed by atoms with E-state index >= 15 is 0 Å². The summed E-state index contributed by atoms with van der Waals surface area (Å²) in [5.74, 6) is -0.549. The molecule has 0 saturated carbocycles. The molecule has 1 aromatic heterocycles. The summed E-state index contributed by atoms with van der Waals surface area (Å²) in [5.41, 5.74) is 5.03. The Morgan fingerprint density at radius 2 is 1.65 bits per heavy atom. The fourth-order valence-corrected chi connectivity index (χ4v) is 2.94. The third-order valence-electron chi connectivity index (χ3n) is 2.75. The van der Waals surface area contributed by atoms with Gasteiger partial charge in [-0.3, -0.25) is 9.11 Å². The number of hydrogen-bond donors (Lipinski definition) is 6. The fraction of sp³-hybridized carbons (Fsp3) is 0.182. The Labute approximate surface area is 147 Å². The van der Waals surface area contributed by atoms with Crippen LogP contribution in [-0.2, 0) is 20.2 Å². The molecule has 0 fully saturated rings. The van der Waals surface area contributed by atoms with Crippen LogP contribution in [0.1, 0.15) is 6.92 Å². The quantitative estimate of drug-likeness (QED) is 0.264. The molecule has 0 bridgehead atoms. The minimum Gasteiger partial charge on any atom is -0.479 e. The summed E-state index contributed by atoms with van der Waals surface area (Å²) in [6, 6.07) is 1.52. The van der Waals surface area contributed by atoms with Crippen molar-refractivity contribution in [1.82, 2.24) is 15.0 Å². The first kappa shape index (κ1) is 19.7. The molecule has 26 heavy (non-hydrogen) atoms. The van der Waals surface area contributed by atoms with Crippen molar-refractivity contribution in [3.63, 3.8) is 0 Å². The number of benzene rings is 1. The predicted molar refractivity (Wildman–Crippen MR) is 88.1 cm³/mol. The van der Waals surface area contributed by atoms with Gasteiger partial charge in [-0.1, -0.05) is 0 Å². The van der Waals surface area contributed by atoms with Crippen LogP contribution >= 0.6 is 0 Å². The minimum absolute atomic E-state index is 0.158. The number of rotatable bonds is 6. The van der Waals surface area contributed by atoms with Crippen LogP contribution in [0.15, 0.2) is 28.0 Å². The molecule has 7 N–H and O–H groups in total. The molecule has 0 aliphatic heterocycles. The Hall–Kier alpha value is -2.59. The van der Waals surface area contributed by atoms with Crippen molar-refractivity contribution in [1.29, 1.82) is 0 Å². The van der Waals surface area contributed by atoms with E-state index in [0.717, 1.165) is 18.2 Å². The van der Waals surface area contributed by atoms with Crippen molar-refractivity contribution >= 4 is 37.8 Å². The van der Waals surface area contributed by atoms with Gasteiger partial charge in [-0.05, 0) is 25.1 Å². The van der Waals surface area contributed by atoms with Crippen LogP contribution < -0.4 is 16.4 Å². The van der Waals surface area contributed by atoms with Crippen LogP contribution in [-0.4, -0.2) is 52.2 Å². The van der Waals surface area contributed by atoms with Gasteiger partial charge in [0, 0.05) is 0 Å². The molecule has 15 heteroatoms. The minimum atomic E-state index is -4.76. The van der Waals surface area contributed by atoms with Gasteiger partial charge in [-0.15, -0.1) is 0 Å². The van der Waals surface area contributed by atoms with Crippen molar-refractivity contribution in [3.05, 3.63) is 18.2 Å². The molecule has 0 aliphatic carbocycles. The Bertz CT molecular complexity index is 1040. The maximum absolute atomic E-state index is 11.5. The van der Waals surface area contributed by atoms with Crippen molar-refractivity contribution in [2.24, 2.45) is 5.73 Å². The average molecular weight is 406 g/mol. The van der Waals surface area contributed by atoms with Crippen LogP contribution in [0.5, 0.6) is 6.01 Å². The summed E-state index contributed by atoms with van der Waals surface area (Å²) >= 11 is 0. The van der Waals surface area contributed by atoms with Crippen molar-refractivity contribution in [2.75, 3.05) is 10.6 Å². The molecule has 0 radical (unpaired) electrons. The summed E-state index contributed by atoms with van der Waals surface area (Å²) in [5, 5.41) is 14.4. The molecule has 2 rings (SSSR count). The lowest BCUT2D eigenvalue weighted by Crippen LogP contribution is -2.26. The first-order valence-corrected chi connectivity index (χ1v) is 9.57. The molecule has 1 unspecified atom stereocenters. The summed E-state index contributed by atoms with van der Waals surface area (Å²) in [7, 11) is -9.42. The Morgan fingerprint density at radius 1 is 1.04 bits per heavy atom. The lowest BCUT2D eigenvalue weighted by Gasteiger charge is -2.12. The number of nitrogens with one attached hydrogen (secondary N) is 2. The van der Waals surface area contributed by atoms with E-state index in [4.69, 9.17) is 10.3 Å². The maximum atomic E-state index is 11.5. The van der Waals surface area contributed by atoms with Crippen molar-refractivity contribution in [3.8, 4) is 6.01 Å². The highest BCUT2D eigenvalue weighted by Gasteiger charge is 2.21. The molecule has 1 heterocycles. The third-order valence-corrected chi connectivity index (χ3v) is 4.52. The summed E-state index contributed by atoms with van der Waals surface area (Å²) < 4.78 is 63.7. The highest BCUT2D eigenvalue weighted by molar-refractivity contribution is 7.86. The lowest BCUT2D eigenvalue weighted by molar-refractivity contribution is 0.430. The predicted octanol–water partition coefficient (Wildman–Crippen LogP) is -0.469. The number of hydrogen-bond acceptors (Lipinski definition) is 11. The van der Waals surface area contributed by atoms with E-state index in [1.807, 2.05) is 0 Å². The van der Waals surface area contributed by atoms with E-state index < -0.39 is 53.8 Å². The van der Waals surface area contributed by atoms with Crippen LogP contribution in [0, 0.1) is 0 Å². The second kappa shape index (κ2) is 6.96. The normalized spacial score (nSPS) is 13.2. The average Bonchev–Trinajstić information content (AvgIpc) is 2.43. The Balaban J connectivity index is 2.56. The molecule has 1 atom stereocenters. The molecule has 2 aromatic rings. The highest BCUT2D eigenvalue weighted by atomic mass is 32.2. The molecular formula is C11H14N6O7S2. The molecule has 142 valence electrons. The number of anilines is 3. The van der Waals surface area contributed by atoms with Gasteiger partial charge < -0.3 is 21.5 Å². The largest absolute Gasteiger partial charge is 0.479 e. The van der Waals surface area contributed by atoms with Gasteiger partial charge in [-0.2, -0.15) is 31.8 Å². The summed E-state index contributed by atoms with van der Waals surface area (Å²) in [4.78, 5) is 9.49.